The Morgan fingerprint density at radius 2 is 2.07 bits per heavy atom. The Balaban J connectivity index is 1.53. The molecular weight excluding hydrogens is 382 g/mol. The van der Waals surface area contributed by atoms with Crippen LogP contribution < -0.4 is 0 Å². The third-order valence-electron chi connectivity index (χ3n) is 4.58. The number of fused-ring (bicyclic) bond motifs is 2. The standard InChI is InChI=1S/C19H17N3O5S/c1-12-17(13-5-2-3-7-15(13)20-12)16(23)11-27-19(24)14-6-4-8-22-9-10-28(25,26)21-18(14)22/h2-8,20H,9-11H2,1H3. The number of aromatic nitrogens is 1. The summed E-state index contributed by atoms with van der Waals surface area (Å²) in [5, 5.41) is 0.759. The number of sulfonamides is 1. The fraction of sp³-hybridized carbons (Fsp3) is 0.211. The largest absolute Gasteiger partial charge is 0.454 e. The summed E-state index contributed by atoms with van der Waals surface area (Å²) in [6.07, 6.45) is 4.68. The van der Waals surface area contributed by atoms with Crippen LogP contribution in [0.1, 0.15) is 16.1 Å². The number of amidine groups is 1. The Morgan fingerprint density at radius 1 is 1.29 bits per heavy atom. The summed E-state index contributed by atoms with van der Waals surface area (Å²) in [7, 11) is -3.62. The minimum absolute atomic E-state index is 0.00854. The van der Waals surface area contributed by atoms with E-state index in [2.05, 4.69) is 9.38 Å². The minimum atomic E-state index is -3.62. The molecule has 0 radical (unpaired) electrons. The molecule has 28 heavy (non-hydrogen) atoms. The molecule has 0 fully saturated rings. The minimum Gasteiger partial charge on any atom is -0.454 e. The number of nitrogens with one attached hydrogen (secondary N) is 1. The number of aryl methyl sites for hydroxylation is 1. The number of hydrogen-bond acceptors (Lipinski definition) is 6. The van der Waals surface area contributed by atoms with Crippen molar-refractivity contribution in [3.8, 4) is 0 Å². The highest BCUT2D eigenvalue weighted by atomic mass is 32.2. The number of carbonyl (C=O) groups is 2. The molecule has 1 aromatic carbocycles. The second-order valence-corrected chi connectivity index (χ2v) is 8.24. The molecule has 0 bridgehead atoms. The second kappa shape index (κ2) is 6.75. The van der Waals surface area contributed by atoms with Crippen molar-refractivity contribution >= 4 is 38.5 Å². The molecule has 1 aromatic heterocycles. The molecule has 3 heterocycles. The van der Waals surface area contributed by atoms with Crippen LogP contribution in [0.5, 0.6) is 0 Å². The van der Waals surface area contributed by atoms with Gasteiger partial charge in [-0.25, -0.2) is 13.2 Å². The lowest BCUT2D eigenvalue weighted by atomic mass is 10.1. The lowest BCUT2D eigenvalue weighted by Crippen LogP contribution is -2.40. The zero-order chi connectivity index (χ0) is 19.9. The Hall–Kier alpha value is -3.20. The Morgan fingerprint density at radius 3 is 2.89 bits per heavy atom. The van der Waals surface area contributed by atoms with Gasteiger partial charge >= 0.3 is 5.97 Å². The number of aromatic amines is 1. The van der Waals surface area contributed by atoms with Crippen molar-refractivity contribution in [1.82, 2.24) is 9.88 Å². The lowest BCUT2D eigenvalue weighted by Gasteiger charge is -2.28. The molecule has 0 spiro atoms. The zero-order valence-electron chi connectivity index (χ0n) is 15.0. The maximum Gasteiger partial charge on any atom is 0.342 e. The maximum absolute atomic E-state index is 12.6. The van der Waals surface area contributed by atoms with E-state index in [-0.39, 0.29) is 29.5 Å². The second-order valence-electron chi connectivity index (χ2n) is 6.49. The van der Waals surface area contributed by atoms with E-state index in [0.717, 1.165) is 10.9 Å². The normalized spacial score (nSPS) is 17.7. The highest BCUT2D eigenvalue weighted by Crippen LogP contribution is 2.23. The van der Waals surface area contributed by atoms with Gasteiger partial charge in [-0.15, -0.1) is 4.40 Å². The molecule has 0 saturated heterocycles. The molecule has 2 aliphatic rings. The molecule has 2 aliphatic heterocycles. The van der Waals surface area contributed by atoms with Gasteiger partial charge in [0.1, 0.15) is 5.57 Å². The van der Waals surface area contributed by atoms with Crippen molar-refractivity contribution in [3.05, 3.63) is 59.4 Å². The van der Waals surface area contributed by atoms with Crippen molar-refractivity contribution in [1.29, 1.82) is 0 Å². The highest BCUT2D eigenvalue weighted by Gasteiger charge is 2.31. The molecule has 0 atom stereocenters. The van der Waals surface area contributed by atoms with Crippen LogP contribution in [-0.4, -0.2) is 54.8 Å². The molecule has 1 N–H and O–H groups in total. The fourth-order valence-corrected chi connectivity index (χ4v) is 4.28. The Kier molecular flexibility index (Phi) is 4.38. The number of ketones is 1. The first-order chi connectivity index (χ1) is 13.4. The third kappa shape index (κ3) is 3.24. The molecule has 0 aliphatic carbocycles. The average molecular weight is 399 g/mol. The predicted octanol–water partition coefficient (Wildman–Crippen LogP) is 1.70. The summed E-state index contributed by atoms with van der Waals surface area (Å²) in [6.45, 7) is 1.53. The first kappa shape index (κ1) is 18.2. The van der Waals surface area contributed by atoms with Gasteiger partial charge in [0.2, 0.25) is 5.78 Å². The van der Waals surface area contributed by atoms with Gasteiger partial charge in [-0.05, 0) is 25.1 Å². The number of allylic oxidation sites excluding steroid dienone is 2. The van der Waals surface area contributed by atoms with Gasteiger partial charge in [0.05, 0.1) is 5.75 Å². The fourth-order valence-electron chi connectivity index (χ4n) is 3.29. The van der Waals surface area contributed by atoms with Gasteiger partial charge in [0.15, 0.2) is 12.4 Å². The van der Waals surface area contributed by atoms with Crippen LogP contribution in [0.15, 0.2) is 52.6 Å². The van der Waals surface area contributed by atoms with E-state index >= 15 is 0 Å². The molecule has 2 aromatic rings. The van der Waals surface area contributed by atoms with Crippen LogP contribution in [0.25, 0.3) is 10.9 Å². The molecule has 8 nitrogen and oxygen atoms in total. The summed E-state index contributed by atoms with van der Waals surface area (Å²) < 4.78 is 32.4. The monoisotopic (exact) mass is 399 g/mol. The number of carbonyl (C=O) groups excluding carboxylic acids is 2. The van der Waals surface area contributed by atoms with Gasteiger partial charge < -0.3 is 14.6 Å². The van der Waals surface area contributed by atoms with Crippen molar-refractivity contribution in [2.75, 3.05) is 18.9 Å². The zero-order valence-corrected chi connectivity index (χ0v) is 15.8. The van der Waals surface area contributed by atoms with Gasteiger partial charge in [-0.2, -0.15) is 0 Å². The quantitative estimate of drug-likeness (QED) is 0.619. The average Bonchev–Trinajstić information content (AvgIpc) is 3.00. The van der Waals surface area contributed by atoms with Crippen molar-refractivity contribution < 1.29 is 22.7 Å². The summed E-state index contributed by atoms with van der Waals surface area (Å²) in [5.41, 5.74) is 2.00. The van der Waals surface area contributed by atoms with Gasteiger partial charge in [0, 0.05) is 34.9 Å². The summed E-state index contributed by atoms with van der Waals surface area (Å²) in [5.74, 6) is -1.24. The van der Waals surface area contributed by atoms with E-state index in [9.17, 15) is 18.0 Å². The number of benzene rings is 1. The molecule has 0 saturated carbocycles. The van der Waals surface area contributed by atoms with E-state index in [0.29, 0.717) is 11.3 Å². The number of rotatable bonds is 4. The highest BCUT2D eigenvalue weighted by molar-refractivity contribution is 7.90. The number of H-pyrrole nitrogens is 1. The molecule has 0 amide bonds. The van der Waals surface area contributed by atoms with E-state index in [1.54, 1.807) is 24.1 Å². The molecular formula is C19H17N3O5S. The van der Waals surface area contributed by atoms with Crippen molar-refractivity contribution in [2.24, 2.45) is 4.40 Å². The number of nitrogens with zero attached hydrogens (tertiary/aromatic N) is 2. The van der Waals surface area contributed by atoms with Gasteiger partial charge in [-0.1, -0.05) is 18.2 Å². The van der Waals surface area contributed by atoms with Crippen LogP contribution in [0.4, 0.5) is 0 Å². The summed E-state index contributed by atoms with van der Waals surface area (Å²) >= 11 is 0. The van der Waals surface area contributed by atoms with E-state index in [1.165, 1.54) is 6.08 Å². The molecule has 144 valence electrons. The Bertz CT molecular complexity index is 1190. The van der Waals surface area contributed by atoms with Crippen LogP contribution in [0, 0.1) is 6.92 Å². The summed E-state index contributed by atoms with van der Waals surface area (Å²) in [6, 6.07) is 7.37. The first-order valence-corrected chi connectivity index (χ1v) is 10.2. The maximum atomic E-state index is 12.6. The van der Waals surface area contributed by atoms with Crippen molar-refractivity contribution in [2.45, 2.75) is 6.92 Å². The smallest absolute Gasteiger partial charge is 0.342 e. The Labute approximate surface area is 161 Å². The predicted molar refractivity (Wildman–Crippen MR) is 103 cm³/mol. The molecule has 0 unspecified atom stereocenters. The van der Waals surface area contributed by atoms with E-state index in [4.69, 9.17) is 4.74 Å². The number of ether oxygens (including phenoxy) is 1. The number of hydrogen-bond donors (Lipinski definition) is 1. The lowest BCUT2D eigenvalue weighted by molar-refractivity contribution is -0.137. The van der Waals surface area contributed by atoms with Gasteiger partial charge in [0.25, 0.3) is 10.0 Å². The molecule has 9 heteroatoms. The number of esters is 1. The van der Waals surface area contributed by atoms with E-state index < -0.39 is 22.6 Å². The SMILES string of the molecule is Cc1[nH]c2ccccc2c1C(=O)COC(=O)C1=CC=CN2CCS(=O)(=O)N=C12. The molecule has 4 rings (SSSR count). The van der Waals surface area contributed by atoms with Crippen LogP contribution in [0.2, 0.25) is 0 Å². The van der Waals surface area contributed by atoms with Crippen LogP contribution in [0.3, 0.4) is 0 Å². The topological polar surface area (TPSA) is 109 Å². The number of Topliss-reactive ketones (excluding diaryl/α,β-unsaturated/α-hetero) is 1. The third-order valence-corrected chi connectivity index (χ3v) is 5.73. The van der Waals surface area contributed by atoms with Gasteiger partial charge in [-0.3, -0.25) is 4.79 Å². The van der Waals surface area contributed by atoms with E-state index in [1.807, 2.05) is 24.3 Å². The van der Waals surface area contributed by atoms with Crippen LogP contribution in [-0.2, 0) is 19.6 Å². The van der Waals surface area contributed by atoms with Crippen LogP contribution >= 0.6 is 0 Å². The summed E-state index contributed by atoms with van der Waals surface area (Å²) in [4.78, 5) is 29.8. The first-order valence-electron chi connectivity index (χ1n) is 8.61. The van der Waals surface area contributed by atoms with Crippen molar-refractivity contribution in [3.63, 3.8) is 0 Å². The number of para-hydroxylation sites is 1.